The van der Waals surface area contributed by atoms with Crippen molar-refractivity contribution >= 4 is 21.8 Å². The van der Waals surface area contributed by atoms with Crippen LogP contribution in [-0.2, 0) is 38.6 Å². The molecular formula is C37H61N3O10S. The molecule has 1 aromatic carbocycles. The number of hydrogen-bond acceptors (Lipinski definition) is 12. The molecule has 4 rings (SSSR count). The summed E-state index contributed by atoms with van der Waals surface area (Å²) >= 11 is 0. The van der Waals surface area contributed by atoms with Gasteiger partial charge >= 0.3 is 5.97 Å². The topological polar surface area (TPSA) is 144 Å². The Labute approximate surface area is 304 Å². The fraction of sp³-hybridized carbons (Fsp3) is 0.784. The largest absolute Gasteiger partial charge is 0.497 e. The second kappa shape index (κ2) is 16.1. The first-order valence-electron chi connectivity index (χ1n) is 18.0. The van der Waals surface area contributed by atoms with Crippen molar-refractivity contribution in [3.8, 4) is 5.75 Å². The summed E-state index contributed by atoms with van der Waals surface area (Å²) in [5.41, 5.74) is -3.24. The van der Waals surface area contributed by atoms with Crippen LogP contribution in [-0.4, -0.2) is 143 Å². The number of methoxy groups -OCH3 is 2. The molecule has 3 fully saturated rings. The molecule has 13 nitrogen and oxygen atoms in total. The van der Waals surface area contributed by atoms with Crippen molar-refractivity contribution in [3.05, 3.63) is 24.3 Å². The normalized spacial score (nSPS) is 34.7. The van der Waals surface area contributed by atoms with Gasteiger partial charge in [-0.2, -0.15) is 4.31 Å². The zero-order valence-electron chi connectivity index (χ0n) is 32.4. The molecule has 1 spiro atoms. The van der Waals surface area contributed by atoms with Crippen molar-refractivity contribution in [2.24, 2.45) is 17.3 Å². The van der Waals surface area contributed by atoms with Gasteiger partial charge in [0.2, 0.25) is 10.0 Å². The molecule has 3 aliphatic rings. The maximum atomic E-state index is 14.4. The van der Waals surface area contributed by atoms with Crippen LogP contribution in [0, 0.1) is 17.3 Å². The Balaban J connectivity index is 1.64. The highest BCUT2D eigenvalue weighted by molar-refractivity contribution is 7.89. The van der Waals surface area contributed by atoms with Gasteiger partial charge in [0.05, 0.1) is 35.4 Å². The maximum Gasteiger partial charge on any atom is 0.319 e. The predicted octanol–water partition coefficient (Wildman–Crippen LogP) is 3.18. The summed E-state index contributed by atoms with van der Waals surface area (Å²) in [7, 11) is 5.12. The molecule has 0 amide bonds. The van der Waals surface area contributed by atoms with E-state index < -0.39 is 57.0 Å². The molecule has 0 radical (unpaired) electrons. The van der Waals surface area contributed by atoms with Gasteiger partial charge in [-0.25, -0.2) is 8.42 Å². The lowest BCUT2D eigenvalue weighted by molar-refractivity contribution is -0.295. The van der Waals surface area contributed by atoms with Crippen LogP contribution in [0.4, 0.5) is 0 Å². The van der Waals surface area contributed by atoms with Crippen molar-refractivity contribution in [3.63, 3.8) is 0 Å². The third kappa shape index (κ3) is 8.64. The van der Waals surface area contributed by atoms with E-state index >= 15 is 0 Å². The number of rotatable bonds is 7. The number of carbonyl (C=O) groups is 2. The minimum Gasteiger partial charge on any atom is -0.497 e. The number of esters is 1. The minimum absolute atomic E-state index is 0.00129. The van der Waals surface area contributed by atoms with Crippen molar-refractivity contribution in [1.29, 1.82) is 0 Å². The van der Waals surface area contributed by atoms with Gasteiger partial charge in [-0.15, -0.1) is 0 Å². The van der Waals surface area contributed by atoms with Crippen molar-refractivity contribution < 1.29 is 46.8 Å². The second-order valence-corrected chi connectivity index (χ2v) is 17.9. The number of cyclic esters (lactones) is 1. The average molecular weight is 740 g/mol. The molecular weight excluding hydrogens is 678 g/mol. The van der Waals surface area contributed by atoms with E-state index in [1.54, 1.807) is 52.1 Å². The molecule has 290 valence electrons. The minimum atomic E-state index is -3.77. The van der Waals surface area contributed by atoms with E-state index in [0.29, 0.717) is 38.0 Å². The zero-order valence-corrected chi connectivity index (χ0v) is 33.2. The molecule has 0 bridgehead atoms. The average Bonchev–Trinajstić information content (AvgIpc) is 3.09. The van der Waals surface area contributed by atoms with Gasteiger partial charge in [0.1, 0.15) is 23.9 Å². The first-order chi connectivity index (χ1) is 23.7. The van der Waals surface area contributed by atoms with E-state index in [4.69, 9.17) is 23.7 Å². The number of ether oxygens (including phenoxy) is 5. The molecule has 0 aromatic heterocycles. The van der Waals surface area contributed by atoms with E-state index in [9.17, 15) is 23.1 Å². The summed E-state index contributed by atoms with van der Waals surface area (Å²) in [6, 6.07) is 6.11. The van der Waals surface area contributed by atoms with Gasteiger partial charge in [0, 0.05) is 38.7 Å². The molecule has 1 aromatic rings. The van der Waals surface area contributed by atoms with Crippen molar-refractivity contribution in [2.45, 2.75) is 114 Å². The Bertz CT molecular complexity index is 1460. The lowest BCUT2D eigenvalue weighted by atomic mass is 9.74. The standard InChI is InChI=1S/C37H61N3O10S/c1-24-21-36(6,47-11)32(50-33-30(41)29(38(7)8)20-25(2)49-33)26(3)31(42)35(4,5)34(43)48-23-37(39(9)22-24)16-18-40(19-17-37)51(44,45)28-14-12-27(46-10)13-15-28/h12-15,24-26,29-30,32-33,41H,16-23H2,1-11H3/t24-,25-,26+,29+,30-,32-,33+,36-/m1/s1. The summed E-state index contributed by atoms with van der Waals surface area (Å²) in [5, 5.41) is 11.4. The fourth-order valence-corrected chi connectivity index (χ4v) is 9.63. The molecule has 1 N–H and O–H groups in total. The van der Waals surface area contributed by atoms with E-state index in [1.165, 1.54) is 11.4 Å². The number of hydrogen-bond donors (Lipinski definition) is 1. The van der Waals surface area contributed by atoms with Crippen LogP contribution < -0.4 is 4.74 Å². The van der Waals surface area contributed by atoms with E-state index in [2.05, 4.69) is 11.8 Å². The fourth-order valence-electron chi connectivity index (χ4n) is 8.19. The number of benzene rings is 1. The molecule has 51 heavy (non-hydrogen) atoms. The highest BCUT2D eigenvalue weighted by Gasteiger charge is 2.52. The Morgan fingerprint density at radius 1 is 1.00 bits per heavy atom. The highest BCUT2D eigenvalue weighted by Crippen LogP contribution is 2.40. The van der Waals surface area contributed by atoms with Gasteiger partial charge in [0.25, 0.3) is 0 Å². The Hall–Kier alpha value is -2.17. The second-order valence-electron chi connectivity index (χ2n) is 16.0. The molecule has 3 heterocycles. The zero-order chi connectivity index (χ0) is 38.1. The van der Waals surface area contributed by atoms with Crippen LogP contribution in [0.5, 0.6) is 5.75 Å². The van der Waals surface area contributed by atoms with Crippen LogP contribution in [0.25, 0.3) is 0 Å². The summed E-state index contributed by atoms with van der Waals surface area (Å²) in [4.78, 5) is 32.5. The molecule has 0 saturated carbocycles. The van der Waals surface area contributed by atoms with Gasteiger partial charge in [-0.3, -0.25) is 14.5 Å². The first-order valence-corrected chi connectivity index (χ1v) is 19.4. The summed E-state index contributed by atoms with van der Waals surface area (Å²) in [5.74, 6) is -1.31. The number of nitrogens with zero attached hydrogens (tertiary/aromatic N) is 3. The van der Waals surface area contributed by atoms with E-state index in [1.807, 2.05) is 39.9 Å². The molecule has 0 aliphatic carbocycles. The SMILES string of the molecule is COc1ccc(S(=O)(=O)N2CCC3(CC2)COC(=O)C(C)(C)C(=O)[C@H](C)[C@@H](O[C@@H]2O[C@H](C)C[C@H](N(C)C)[C@H]2O)[C@](C)(OC)C[C@@H](C)CN3C)cc1. The van der Waals surface area contributed by atoms with E-state index in [0.717, 1.165) is 0 Å². The molecule has 8 atom stereocenters. The Kier molecular flexibility index (Phi) is 13.1. The molecule has 3 aliphatic heterocycles. The van der Waals surface area contributed by atoms with Crippen LogP contribution in [0.15, 0.2) is 29.2 Å². The molecule has 14 heteroatoms. The smallest absolute Gasteiger partial charge is 0.319 e. The lowest BCUT2D eigenvalue weighted by Gasteiger charge is -2.48. The summed E-state index contributed by atoms with van der Waals surface area (Å²) < 4.78 is 58.9. The highest BCUT2D eigenvalue weighted by atomic mass is 32.2. The van der Waals surface area contributed by atoms with Gasteiger partial charge in [-0.05, 0) is 105 Å². The maximum absolute atomic E-state index is 14.4. The lowest BCUT2D eigenvalue weighted by Crippen LogP contribution is -2.59. The summed E-state index contributed by atoms with van der Waals surface area (Å²) in [6.45, 7) is 11.8. The Morgan fingerprint density at radius 2 is 1.61 bits per heavy atom. The third-order valence-corrected chi connectivity index (χ3v) is 13.5. The van der Waals surface area contributed by atoms with Gasteiger partial charge in [-0.1, -0.05) is 13.8 Å². The number of sulfonamides is 1. The van der Waals surface area contributed by atoms with Crippen LogP contribution in [0.2, 0.25) is 0 Å². The summed E-state index contributed by atoms with van der Waals surface area (Å²) in [6.07, 6.45) is -1.17. The third-order valence-electron chi connectivity index (χ3n) is 11.6. The number of piperidine rings is 1. The quantitative estimate of drug-likeness (QED) is 0.324. The van der Waals surface area contributed by atoms with Crippen LogP contribution in [0.3, 0.4) is 0 Å². The van der Waals surface area contributed by atoms with Crippen LogP contribution in [0.1, 0.15) is 67.2 Å². The Morgan fingerprint density at radius 3 is 2.16 bits per heavy atom. The predicted molar refractivity (Wildman–Crippen MR) is 192 cm³/mol. The van der Waals surface area contributed by atoms with Crippen molar-refractivity contribution in [1.82, 2.24) is 14.1 Å². The number of Topliss-reactive ketones (excluding diaryl/α,β-unsaturated/α-hetero) is 1. The van der Waals surface area contributed by atoms with Crippen molar-refractivity contribution in [2.75, 3.05) is 61.6 Å². The van der Waals surface area contributed by atoms with Gasteiger partial charge < -0.3 is 33.7 Å². The van der Waals surface area contributed by atoms with Crippen LogP contribution >= 0.6 is 0 Å². The number of likely N-dealkylation sites (N-methyl/N-ethyl adjacent to an activating group) is 2. The van der Waals surface area contributed by atoms with Gasteiger partial charge in [0.15, 0.2) is 12.1 Å². The number of aliphatic hydroxyl groups is 1. The first kappa shape index (κ1) is 41.6. The monoisotopic (exact) mass is 739 g/mol. The van der Waals surface area contributed by atoms with E-state index in [-0.39, 0.29) is 48.4 Å². The number of aliphatic hydroxyl groups excluding tert-OH is 1. The number of ketones is 1. The molecule has 0 unspecified atom stereocenters. The molecule has 3 saturated heterocycles. The number of carbonyl (C=O) groups excluding carboxylic acids is 2.